The van der Waals surface area contributed by atoms with Crippen molar-refractivity contribution >= 4 is 27.5 Å². The minimum absolute atomic E-state index is 0.135. The summed E-state index contributed by atoms with van der Waals surface area (Å²) in [5, 5.41) is 0. The highest BCUT2D eigenvalue weighted by Gasteiger charge is 2.16. The lowest BCUT2D eigenvalue weighted by atomic mass is 10.1. The normalized spacial score (nSPS) is 10.9. The summed E-state index contributed by atoms with van der Waals surface area (Å²) in [6.45, 7) is 1.40. The number of anilines is 1. The fraction of sp³-hybridized carbons (Fsp3) is 0.167. The lowest BCUT2D eigenvalue weighted by Gasteiger charge is -2.10. The van der Waals surface area contributed by atoms with E-state index < -0.39 is 28.4 Å². The maximum atomic E-state index is 12.5. The zero-order chi connectivity index (χ0) is 24.0. The van der Waals surface area contributed by atoms with Crippen LogP contribution in [0.5, 0.6) is 11.5 Å². The van der Waals surface area contributed by atoms with Crippen molar-refractivity contribution in [2.24, 2.45) is 0 Å². The molecule has 0 aliphatic carbocycles. The maximum absolute atomic E-state index is 12.5. The first kappa shape index (κ1) is 23.8. The molecule has 9 heteroatoms. The first-order valence-electron chi connectivity index (χ1n) is 9.85. The van der Waals surface area contributed by atoms with Crippen molar-refractivity contribution in [2.75, 3.05) is 25.5 Å². The average Bonchev–Trinajstić information content (AvgIpc) is 2.82. The smallest absolute Gasteiger partial charge is 0.338 e. The second-order valence-electron chi connectivity index (χ2n) is 7.06. The Morgan fingerprint density at radius 3 is 2.03 bits per heavy atom. The van der Waals surface area contributed by atoms with E-state index in [1.807, 2.05) is 6.92 Å². The number of carbonyl (C=O) groups is 2. The van der Waals surface area contributed by atoms with Gasteiger partial charge in [0, 0.05) is 11.3 Å². The number of Topliss-reactive ketones (excluding diaryl/α,β-unsaturated/α-hetero) is 1. The number of nitrogens with one attached hydrogen (secondary N) is 1. The van der Waals surface area contributed by atoms with E-state index in [0.29, 0.717) is 17.2 Å². The maximum Gasteiger partial charge on any atom is 0.338 e. The zero-order valence-electron chi connectivity index (χ0n) is 18.3. The summed E-state index contributed by atoms with van der Waals surface area (Å²) >= 11 is 0. The van der Waals surface area contributed by atoms with Crippen LogP contribution in [-0.4, -0.2) is 41.0 Å². The first-order chi connectivity index (χ1) is 15.7. The van der Waals surface area contributed by atoms with Gasteiger partial charge in [0.05, 0.1) is 24.7 Å². The summed E-state index contributed by atoms with van der Waals surface area (Å²) in [5.74, 6) is -0.297. The zero-order valence-corrected chi connectivity index (χ0v) is 19.1. The van der Waals surface area contributed by atoms with Crippen LogP contribution in [0.25, 0.3) is 0 Å². The Hall–Kier alpha value is -3.85. The van der Waals surface area contributed by atoms with Crippen LogP contribution in [0.3, 0.4) is 0 Å². The molecule has 0 spiro atoms. The predicted octanol–water partition coefficient (Wildman–Crippen LogP) is 3.85. The largest absolute Gasteiger partial charge is 0.493 e. The van der Waals surface area contributed by atoms with Gasteiger partial charge in [-0.2, -0.15) is 0 Å². The van der Waals surface area contributed by atoms with Crippen LogP contribution in [0.4, 0.5) is 5.69 Å². The Morgan fingerprint density at radius 1 is 0.818 bits per heavy atom. The van der Waals surface area contributed by atoms with Crippen LogP contribution >= 0.6 is 0 Å². The Labute approximate surface area is 192 Å². The predicted molar refractivity (Wildman–Crippen MR) is 123 cm³/mol. The molecule has 0 unspecified atom stereocenters. The molecular formula is C24H23NO7S. The van der Waals surface area contributed by atoms with Gasteiger partial charge >= 0.3 is 5.97 Å². The van der Waals surface area contributed by atoms with E-state index in [1.165, 1.54) is 62.8 Å². The minimum atomic E-state index is -3.75. The molecule has 1 N–H and O–H groups in total. The van der Waals surface area contributed by atoms with Crippen molar-refractivity contribution in [2.45, 2.75) is 11.8 Å². The van der Waals surface area contributed by atoms with Crippen LogP contribution < -0.4 is 14.2 Å². The summed E-state index contributed by atoms with van der Waals surface area (Å²) in [6, 6.07) is 16.8. The molecule has 33 heavy (non-hydrogen) atoms. The number of benzene rings is 3. The molecule has 0 saturated carbocycles. The van der Waals surface area contributed by atoms with Crippen LogP contribution in [0.1, 0.15) is 26.3 Å². The molecule has 0 bridgehead atoms. The highest BCUT2D eigenvalue weighted by Crippen LogP contribution is 2.27. The summed E-state index contributed by atoms with van der Waals surface area (Å²) < 4.78 is 42.8. The van der Waals surface area contributed by atoms with E-state index in [9.17, 15) is 18.0 Å². The van der Waals surface area contributed by atoms with Gasteiger partial charge in [-0.3, -0.25) is 9.52 Å². The van der Waals surface area contributed by atoms with E-state index in [4.69, 9.17) is 14.2 Å². The van der Waals surface area contributed by atoms with Crippen molar-refractivity contribution in [1.29, 1.82) is 0 Å². The summed E-state index contributed by atoms with van der Waals surface area (Å²) in [7, 11) is -0.825. The summed E-state index contributed by atoms with van der Waals surface area (Å²) in [5.41, 5.74) is 1.73. The molecule has 0 aliphatic heterocycles. The second kappa shape index (κ2) is 10.2. The van der Waals surface area contributed by atoms with Gasteiger partial charge < -0.3 is 14.2 Å². The van der Waals surface area contributed by atoms with E-state index in [1.54, 1.807) is 18.2 Å². The SMILES string of the molecule is COc1ccc(C(=O)OCC(=O)c2ccc(NS(=O)(=O)c3ccc(C)cc3)cc2)cc1OC. The molecule has 0 aromatic heterocycles. The van der Waals surface area contributed by atoms with Crippen molar-refractivity contribution < 1.29 is 32.2 Å². The third kappa shape index (κ3) is 5.89. The molecule has 3 rings (SSSR count). The standard InChI is InChI=1S/C24H23NO7S/c1-16-4-11-20(12-5-16)33(28,29)25-19-9-6-17(7-10-19)21(26)15-32-24(27)18-8-13-22(30-2)23(14-18)31-3/h4-14,25H,15H2,1-3H3. The first-order valence-corrected chi connectivity index (χ1v) is 11.3. The average molecular weight is 470 g/mol. The molecule has 0 fully saturated rings. The van der Waals surface area contributed by atoms with Gasteiger partial charge in [-0.25, -0.2) is 13.2 Å². The molecule has 3 aromatic carbocycles. The Balaban J connectivity index is 1.61. The third-order valence-electron chi connectivity index (χ3n) is 4.74. The number of rotatable bonds is 9. The molecule has 3 aromatic rings. The van der Waals surface area contributed by atoms with Gasteiger partial charge in [-0.1, -0.05) is 17.7 Å². The molecule has 0 atom stereocenters. The summed E-state index contributed by atoms with van der Waals surface area (Å²) in [6.07, 6.45) is 0. The van der Waals surface area contributed by atoms with Crippen LogP contribution in [-0.2, 0) is 14.8 Å². The number of ketones is 1. The number of esters is 1. The van der Waals surface area contributed by atoms with Crippen LogP contribution in [0.15, 0.2) is 71.6 Å². The van der Waals surface area contributed by atoms with Gasteiger partial charge in [-0.15, -0.1) is 0 Å². The van der Waals surface area contributed by atoms with Crippen molar-refractivity contribution in [3.05, 3.63) is 83.4 Å². The van der Waals surface area contributed by atoms with Crippen molar-refractivity contribution in [3.8, 4) is 11.5 Å². The Bertz CT molecular complexity index is 1250. The number of hydrogen-bond acceptors (Lipinski definition) is 7. The monoisotopic (exact) mass is 469 g/mol. The number of ether oxygens (including phenoxy) is 3. The second-order valence-corrected chi connectivity index (χ2v) is 8.75. The molecule has 8 nitrogen and oxygen atoms in total. The molecule has 0 amide bonds. The fourth-order valence-corrected chi connectivity index (χ4v) is 3.98. The molecule has 0 saturated heterocycles. The number of aryl methyl sites for hydroxylation is 1. The molecule has 0 radical (unpaired) electrons. The minimum Gasteiger partial charge on any atom is -0.493 e. The van der Waals surface area contributed by atoms with Gasteiger partial charge in [-0.05, 0) is 61.5 Å². The quantitative estimate of drug-likeness (QED) is 0.375. The number of hydrogen-bond donors (Lipinski definition) is 1. The third-order valence-corrected chi connectivity index (χ3v) is 6.14. The van der Waals surface area contributed by atoms with Gasteiger partial charge in [0.25, 0.3) is 10.0 Å². The van der Waals surface area contributed by atoms with Gasteiger partial charge in [0.2, 0.25) is 0 Å². The van der Waals surface area contributed by atoms with Crippen LogP contribution in [0, 0.1) is 6.92 Å². The lowest BCUT2D eigenvalue weighted by molar-refractivity contribution is 0.0474. The lowest BCUT2D eigenvalue weighted by Crippen LogP contribution is -2.15. The molecule has 172 valence electrons. The number of methoxy groups -OCH3 is 2. The Kier molecular flexibility index (Phi) is 7.34. The van der Waals surface area contributed by atoms with E-state index in [2.05, 4.69) is 4.72 Å². The Morgan fingerprint density at radius 2 is 1.42 bits per heavy atom. The molecular weight excluding hydrogens is 446 g/mol. The summed E-state index contributed by atoms with van der Waals surface area (Å²) in [4.78, 5) is 24.8. The fourth-order valence-electron chi connectivity index (χ4n) is 2.92. The van der Waals surface area contributed by atoms with E-state index in [0.717, 1.165) is 5.56 Å². The number of sulfonamides is 1. The van der Waals surface area contributed by atoms with Gasteiger partial charge in [0.1, 0.15) is 0 Å². The highest BCUT2D eigenvalue weighted by molar-refractivity contribution is 7.92. The molecule has 0 heterocycles. The van der Waals surface area contributed by atoms with Crippen LogP contribution in [0.2, 0.25) is 0 Å². The van der Waals surface area contributed by atoms with Crippen molar-refractivity contribution in [3.63, 3.8) is 0 Å². The van der Waals surface area contributed by atoms with Crippen molar-refractivity contribution in [1.82, 2.24) is 0 Å². The van der Waals surface area contributed by atoms with Gasteiger partial charge in [0.15, 0.2) is 23.9 Å². The highest BCUT2D eigenvalue weighted by atomic mass is 32.2. The number of carbonyl (C=O) groups excluding carboxylic acids is 2. The topological polar surface area (TPSA) is 108 Å². The van der Waals surface area contributed by atoms with E-state index in [-0.39, 0.29) is 16.0 Å². The molecule has 0 aliphatic rings. The van der Waals surface area contributed by atoms with E-state index >= 15 is 0 Å².